The van der Waals surface area contributed by atoms with Gasteiger partial charge in [-0.15, -0.1) is 0 Å². The first kappa shape index (κ1) is 23.5. The van der Waals surface area contributed by atoms with Gasteiger partial charge in [-0.25, -0.2) is 4.79 Å². The van der Waals surface area contributed by atoms with E-state index < -0.39 is 8.07 Å². The van der Waals surface area contributed by atoms with E-state index in [-0.39, 0.29) is 6.09 Å². The number of allylic oxidation sites excluding steroid dienone is 2. The van der Waals surface area contributed by atoms with Crippen LogP contribution < -0.4 is 4.74 Å². The molecule has 0 fully saturated rings. The molecule has 1 atom stereocenters. The third kappa shape index (κ3) is 5.03. The van der Waals surface area contributed by atoms with Gasteiger partial charge in [0.2, 0.25) is 0 Å². The first-order valence-corrected chi connectivity index (χ1v) is 13.4. The van der Waals surface area contributed by atoms with E-state index in [4.69, 9.17) is 4.74 Å². The first-order valence-electron chi connectivity index (χ1n) is 11.2. The Balaban J connectivity index is 2.44. The van der Waals surface area contributed by atoms with E-state index in [1.54, 1.807) is 4.90 Å². The minimum absolute atomic E-state index is 0.335. The number of hydrogen-bond donors (Lipinski definition) is 0. The molecule has 2 rings (SSSR count). The van der Waals surface area contributed by atoms with Crippen molar-refractivity contribution in [3.63, 3.8) is 0 Å². The van der Waals surface area contributed by atoms with Crippen LogP contribution in [0.25, 0.3) is 0 Å². The molecule has 4 heteroatoms. The van der Waals surface area contributed by atoms with Crippen molar-refractivity contribution in [2.24, 2.45) is 5.92 Å². The van der Waals surface area contributed by atoms with Gasteiger partial charge in [-0.05, 0) is 41.1 Å². The third-order valence-corrected chi connectivity index (χ3v) is 13.8. The monoisotopic (exact) mass is 413 g/mol. The highest BCUT2D eigenvalue weighted by molar-refractivity contribution is 6.90. The standard InChI is InChI=1S/C25H39NO2Si/c1-8-9-13-22-16-17-26(25(27)28-23-14-11-10-12-15-23)18-24(22)29(19(2)3,20(4)5)21(6)7/h10-12,14-22H,8-9,13H2,1-7H3. The summed E-state index contributed by atoms with van der Waals surface area (Å²) in [5.74, 6) is 1.00. The van der Waals surface area contributed by atoms with E-state index in [9.17, 15) is 4.79 Å². The maximum atomic E-state index is 12.9. The summed E-state index contributed by atoms with van der Waals surface area (Å²) in [6.45, 7) is 16.6. The van der Waals surface area contributed by atoms with Gasteiger partial charge in [0.25, 0.3) is 0 Å². The van der Waals surface area contributed by atoms with Gasteiger partial charge >= 0.3 is 6.09 Å². The molecule has 0 spiro atoms. The smallest absolute Gasteiger partial charge is 0.410 e. The lowest BCUT2D eigenvalue weighted by molar-refractivity contribution is 0.181. The number of nitrogens with zero attached hydrogens (tertiary/aromatic N) is 1. The van der Waals surface area contributed by atoms with E-state index in [1.165, 1.54) is 18.0 Å². The number of ether oxygens (including phenoxy) is 1. The lowest BCUT2D eigenvalue weighted by Gasteiger charge is -2.48. The summed E-state index contributed by atoms with van der Waals surface area (Å²) in [6.07, 6.45) is 9.51. The second-order valence-electron chi connectivity index (χ2n) is 9.16. The zero-order valence-corrected chi connectivity index (χ0v) is 20.3. The number of amides is 1. The minimum atomic E-state index is -1.86. The van der Waals surface area contributed by atoms with Gasteiger partial charge in [0.15, 0.2) is 0 Å². The van der Waals surface area contributed by atoms with Crippen molar-refractivity contribution in [1.29, 1.82) is 0 Å². The molecule has 1 aliphatic heterocycles. The van der Waals surface area contributed by atoms with Crippen LogP contribution in [0.1, 0.15) is 67.7 Å². The molecule has 1 heterocycles. The quantitative estimate of drug-likeness (QED) is 0.405. The van der Waals surface area contributed by atoms with Crippen LogP contribution in [-0.2, 0) is 0 Å². The molecule has 1 aliphatic rings. The Morgan fingerprint density at radius 1 is 1.03 bits per heavy atom. The Bertz CT molecular complexity index is 700. The lowest BCUT2D eigenvalue weighted by Crippen LogP contribution is -2.50. The molecular formula is C25H39NO2Si. The van der Waals surface area contributed by atoms with E-state index in [0.717, 1.165) is 6.42 Å². The van der Waals surface area contributed by atoms with Crippen LogP contribution in [-0.4, -0.2) is 19.1 Å². The Morgan fingerprint density at radius 2 is 1.62 bits per heavy atom. The van der Waals surface area contributed by atoms with Crippen LogP contribution in [0.5, 0.6) is 5.75 Å². The highest BCUT2D eigenvalue weighted by atomic mass is 28.3. The molecule has 0 bridgehead atoms. The van der Waals surface area contributed by atoms with Crippen LogP contribution in [0.3, 0.4) is 0 Å². The maximum Gasteiger partial charge on any atom is 0.423 e. The fourth-order valence-corrected chi connectivity index (χ4v) is 12.7. The Labute approximate surface area is 178 Å². The number of unbranched alkanes of at least 4 members (excludes halogenated alkanes) is 1. The Morgan fingerprint density at radius 3 is 2.14 bits per heavy atom. The molecular weight excluding hydrogens is 374 g/mol. The summed E-state index contributed by atoms with van der Waals surface area (Å²) < 4.78 is 5.62. The third-order valence-electron chi connectivity index (χ3n) is 6.55. The van der Waals surface area contributed by atoms with Gasteiger partial charge in [-0.1, -0.05) is 90.8 Å². The van der Waals surface area contributed by atoms with Gasteiger partial charge < -0.3 is 4.74 Å². The molecule has 0 radical (unpaired) electrons. The number of benzene rings is 1. The SMILES string of the molecule is CCCCC1C=CN(C(=O)Oc2ccccc2)C=C1[Si](C(C)C)(C(C)C)C(C)C. The molecule has 0 aliphatic carbocycles. The van der Waals surface area contributed by atoms with Crippen LogP contribution in [0, 0.1) is 5.92 Å². The zero-order valence-electron chi connectivity index (χ0n) is 19.3. The summed E-state index contributed by atoms with van der Waals surface area (Å²) in [5.41, 5.74) is 1.82. The summed E-state index contributed by atoms with van der Waals surface area (Å²) in [7, 11) is -1.86. The average Bonchev–Trinajstić information content (AvgIpc) is 2.67. The van der Waals surface area contributed by atoms with E-state index in [2.05, 4.69) is 60.7 Å². The molecule has 0 aromatic heterocycles. The van der Waals surface area contributed by atoms with Crippen molar-refractivity contribution in [3.05, 3.63) is 54.0 Å². The summed E-state index contributed by atoms with van der Waals surface area (Å²) >= 11 is 0. The van der Waals surface area contributed by atoms with Crippen molar-refractivity contribution in [3.8, 4) is 5.75 Å². The fraction of sp³-hybridized carbons (Fsp3) is 0.560. The summed E-state index contributed by atoms with van der Waals surface area (Å²) in [5, 5.41) is 1.51. The molecule has 1 amide bonds. The van der Waals surface area contributed by atoms with Crippen molar-refractivity contribution in [2.75, 3.05) is 0 Å². The molecule has 0 saturated heterocycles. The van der Waals surface area contributed by atoms with E-state index in [0.29, 0.717) is 28.3 Å². The molecule has 160 valence electrons. The Hall–Kier alpha value is -1.81. The highest BCUT2D eigenvalue weighted by Crippen LogP contribution is 2.50. The molecule has 1 aromatic carbocycles. The fourth-order valence-electron chi connectivity index (χ4n) is 5.45. The van der Waals surface area contributed by atoms with Gasteiger partial charge in [0.1, 0.15) is 5.75 Å². The van der Waals surface area contributed by atoms with Crippen molar-refractivity contribution in [1.82, 2.24) is 4.90 Å². The van der Waals surface area contributed by atoms with E-state index >= 15 is 0 Å². The van der Waals surface area contributed by atoms with Gasteiger partial charge in [0.05, 0.1) is 8.07 Å². The van der Waals surface area contributed by atoms with Gasteiger partial charge in [0, 0.05) is 12.4 Å². The Kier molecular flexibility index (Phi) is 8.32. The van der Waals surface area contributed by atoms with Gasteiger partial charge in [-0.3, -0.25) is 4.90 Å². The largest absolute Gasteiger partial charge is 0.423 e. The second kappa shape index (κ2) is 10.3. The molecule has 0 N–H and O–H groups in total. The maximum absolute atomic E-state index is 12.9. The van der Waals surface area contributed by atoms with Crippen LogP contribution in [0.2, 0.25) is 16.6 Å². The van der Waals surface area contributed by atoms with Crippen molar-refractivity contribution in [2.45, 2.75) is 84.4 Å². The normalized spacial score (nSPS) is 17.2. The number of carbonyl (C=O) groups is 1. The number of rotatable bonds is 8. The predicted molar refractivity (Wildman–Crippen MR) is 126 cm³/mol. The summed E-state index contributed by atoms with van der Waals surface area (Å²) in [4.78, 5) is 14.6. The van der Waals surface area contributed by atoms with Crippen LogP contribution >= 0.6 is 0 Å². The zero-order chi connectivity index (χ0) is 21.6. The first-order chi connectivity index (χ1) is 13.7. The minimum Gasteiger partial charge on any atom is -0.410 e. The van der Waals surface area contributed by atoms with Crippen molar-refractivity contribution >= 4 is 14.2 Å². The highest BCUT2D eigenvalue weighted by Gasteiger charge is 2.48. The summed E-state index contributed by atoms with van der Waals surface area (Å²) in [6, 6.07) is 9.31. The number of carbonyl (C=O) groups excluding carboxylic acids is 1. The molecule has 3 nitrogen and oxygen atoms in total. The predicted octanol–water partition coefficient (Wildman–Crippen LogP) is 7.92. The van der Waals surface area contributed by atoms with Crippen LogP contribution in [0.15, 0.2) is 54.0 Å². The molecule has 0 saturated carbocycles. The second-order valence-corrected chi connectivity index (χ2v) is 15.1. The lowest BCUT2D eigenvalue weighted by atomic mass is 10.00. The van der Waals surface area contributed by atoms with E-state index in [1.807, 2.05) is 36.5 Å². The molecule has 1 aromatic rings. The van der Waals surface area contributed by atoms with Gasteiger partial charge in [-0.2, -0.15) is 0 Å². The molecule has 29 heavy (non-hydrogen) atoms. The molecule has 1 unspecified atom stereocenters. The number of hydrogen-bond acceptors (Lipinski definition) is 2. The number of para-hydroxylation sites is 1. The van der Waals surface area contributed by atoms with Crippen molar-refractivity contribution < 1.29 is 9.53 Å². The van der Waals surface area contributed by atoms with Crippen LogP contribution in [0.4, 0.5) is 4.79 Å². The topological polar surface area (TPSA) is 29.5 Å². The average molecular weight is 414 g/mol.